The number of rotatable bonds is 4. The number of nitrogens with one attached hydrogen (secondary N) is 1. The largest absolute Gasteiger partial charge is 0.320 e. The van der Waals surface area contributed by atoms with E-state index in [0.717, 1.165) is 5.92 Å². The van der Waals surface area contributed by atoms with Crippen molar-refractivity contribution in [1.29, 1.82) is 0 Å². The van der Waals surface area contributed by atoms with Crippen LogP contribution in [0, 0.1) is 11.3 Å². The molecule has 80 valence electrons. The van der Waals surface area contributed by atoms with E-state index >= 15 is 0 Å². The molecule has 1 rings (SSSR count). The third-order valence-corrected chi connectivity index (χ3v) is 3.12. The average Bonchev–Trinajstić information content (AvgIpc) is 2.13. The van der Waals surface area contributed by atoms with E-state index < -0.39 is 0 Å². The number of hydrogen-bond donors (Lipinski definition) is 1. The van der Waals surface area contributed by atoms with Crippen LogP contribution in [0.15, 0.2) is 0 Å². The fraction of sp³-hybridized carbons (Fsp3) is 1.00. The van der Waals surface area contributed by atoms with E-state index in [2.05, 4.69) is 19.2 Å². The van der Waals surface area contributed by atoms with Crippen LogP contribution in [0.1, 0.15) is 53.4 Å². The first-order chi connectivity index (χ1) is 6.20. The molecule has 1 aliphatic rings. The molecule has 0 atom stereocenters. The molecule has 1 heteroatoms. The van der Waals surface area contributed by atoms with Crippen molar-refractivity contribution in [3.05, 3.63) is 0 Å². The summed E-state index contributed by atoms with van der Waals surface area (Å²) in [5.74, 6) is 1.04. The molecular formula is C12H27N. The van der Waals surface area contributed by atoms with Crippen molar-refractivity contribution in [2.24, 2.45) is 11.3 Å². The van der Waals surface area contributed by atoms with Gasteiger partial charge in [0.05, 0.1) is 0 Å². The highest BCUT2D eigenvalue weighted by molar-refractivity contribution is 4.89. The Hall–Kier alpha value is -0.0400. The third kappa shape index (κ3) is 4.12. The molecule has 1 saturated carbocycles. The van der Waals surface area contributed by atoms with E-state index in [-0.39, 0.29) is 0 Å². The van der Waals surface area contributed by atoms with Gasteiger partial charge in [0.15, 0.2) is 0 Å². The molecule has 13 heavy (non-hydrogen) atoms. The molecule has 0 radical (unpaired) electrons. The van der Waals surface area contributed by atoms with E-state index in [0.29, 0.717) is 5.41 Å². The summed E-state index contributed by atoms with van der Waals surface area (Å²) < 4.78 is 0. The lowest BCUT2D eigenvalue weighted by Gasteiger charge is -2.45. The Balaban J connectivity index is 0.000000671. The van der Waals surface area contributed by atoms with Crippen molar-refractivity contribution in [3.63, 3.8) is 0 Å². The Morgan fingerprint density at radius 2 is 1.85 bits per heavy atom. The van der Waals surface area contributed by atoms with Crippen LogP contribution in [-0.2, 0) is 0 Å². The molecular weight excluding hydrogens is 158 g/mol. The van der Waals surface area contributed by atoms with E-state index in [1.807, 2.05) is 20.9 Å². The zero-order chi connectivity index (χ0) is 10.3. The maximum absolute atomic E-state index is 3.22. The topological polar surface area (TPSA) is 12.0 Å². The molecule has 1 N–H and O–H groups in total. The van der Waals surface area contributed by atoms with Crippen LogP contribution in [0.4, 0.5) is 0 Å². The van der Waals surface area contributed by atoms with Gasteiger partial charge in [-0.1, -0.05) is 34.1 Å². The monoisotopic (exact) mass is 185 g/mol. The highest BCUT2D eigenvalue weighted by atomic mass is 14.8. The summed E-state index contributed by atoms with van der Waals surface area (Å²) >= 11 is 0. The minimum absolute atomic E-state index is 0.684. The standard InChI is InChI=1S/C10H21N.C2H6/c1-4-9-7-10(2,8-9)5-6-11-3;1-2/h9,11H,4-8H2,1-3H3;1-2H3. The van der Waals surface area contributed by atoms with Gasteiger partial charge in [-0.15, -0.1) is 0 Å². The van der Waals surface area contributed by atoms with Gasteiger partial charge in [-0.05, 0) is 44.2 Å². The molecule has 0 aromatic carbocycles. The molecule has 1 fully saturated rings. The molecule has 0 spiro atoms. The lowest BCUT2D eigenvalue weighted by atomic mass is 9.61. The van der Waals surface area contributed by atoms with Gasteiger partial charge in [-0.2, -0.15) is 0 Å². The van der Waals surface area contributed by atoms with E-state index in [1.54, 1.807) is 0 Å². The molecule has 0 unspecified atom stereocenters. The fourth-order valence-corrected chi connectivity index (χ4v) is 2.25. The van der Waals surface area contributed by atoms with Crippen LogP contribution < -0.4 is 5.32 Å². The highest BCUT2D eigenvalue weighted by Crippen LogP contribution is 2.48. The Morgan fingerprint density at radius 1 is 1.31 bits per heavy atom. The minimum atomic E-state index is 0.684. The first-order valence-corrected chi connectivity index (χ1v) is 5.85. The molecule has 0 aromatic heterocycles. The number of hydrogen-bond acceptors (Lipinski definition) is 1. The van der Waals surface area contributed by atoms with Crippen molar-refractivity contribution in [3.8, 4) is 0 Å². The average molecular weight is 185 g/mol. The summed E-state index contributed by atoms with van der Waals surface area (Å²) in [4.78, 5) is 0. The zero-order valence-corrected chi connectivity index (χ0v) is 10.1. The van der Waals surface area contributed by atoms with Gasteiger partial charge in [0.1, 0.15) is 0 Å². The molecule has 1 aliphatic carbocycles. The minimum Gasteiger partial charge on any atom is -0.320 e. The summed E-state index contributed by atoms with van der Waals surface area (Å²) in [5, 5.41) is 3.22. The molecule has 0 saturated heterocycles. The molecule has 0 bridgehead atoms. The third-order valence-electron chi connectivity index (χ3n) is 3.12. The van der Waals surface area contributed by atoms with Gasteiger partial charge >= 0.3 is 0 Å². The first-order valence-electron chi connectivity index (χ1n) is 5.85. The van der Waals surface area contributed by atoms with Crippen molar-refractivity contribution < 1.29 is 0 Å². The van der Waals surface area contributed by atoms with Gasteiger partial charge in [-0.25, -0.2) is 0 Å². The van der Waals surface area contributed by atoms with Gasteiger partial charge in [0.25, 0.3) is 0 Å². The Morgan fingerprint density at radius 3 is 2.23 bits per heavy atom. The van der Waals surface area contributed by atoms with Gasteiger partial charge < -0.3 is 5.32 Å². The van der Waals surface area contributed by atoms with Crippen molar-refractivity contribution >= 4 is 0 Å². The van der Waals surface area contributed by atoms with Crippen LogP contribution in [0.5, 0.6) is 0 Å². The second kappa shape index (κ2) is 6.42. The van der Waals surface area contributed by atoms with E-state index in [4.69, 9.17) is 0 Å². The summed E-state index contributed by atoms with van der Waals surface area (Å²) in [6, 6.07) is 0. The molecule has 0 heterocycles. The second-order valence-electron chi connectivity index (χ2n) is 4.35. The lowest BCUT2D eigenvalue weighted by molar-refractivity contribution is 0.0636. The van der Waals surface area contributed by atoms with Crippen LogP contribution in [0.3, 0.4) is 0 Å². The highest BCUT2D eigenvalue weighted by Gasteiger charge is 2.37. The zero-order valence-electron chi connectivity index (χ0n) is 10.1. The van der Waals surface area contributed by atoms with Crippen LogP contribution >= 0.6 is 0 Å². The molecule has 0 amide bonds. The second-order valence-corrected chi connectivity index (χ2v) is 4.35. The smallest absolute Gasteiger partial charge is 0.00467 e. The van der Waals surface area contributed by atoms with Crippen LogP contribution in [-0.4, -0.2) is 13.6 Å². The summed E-state index contributed by atoms with van der Waals surface area (Å²) in [6.07, 6.45) is 5.67. The van der Waals surface area contributed by atoms with Gasteiger partial charge in [-0.3, -0.25) is 0 Å². The normalized spacial score (nSPS) is 31.6. The first kappa shape index (κ1) is 13.0. The van der Waals surface area contributed by atoms with Gasteiger partial charge in [0.2, 0.25) is 0 Å². The van der Waals surface area contributed by atoms with E-state index in [1.165, 1.54) is 32.2 Å². The molecule has 0 aromatic rings. The van der Waals surface area contributed by atoms with Crippen molar-refractivity contribution in [2.45, 2.75) is 53.4 Å². The van der Waals surface area contributed by atoms with Crippen LogP contribution in [0.2, 0.25) is 0 Å². The Bertz CT molecular complexity index is 109. The quantitative estimate of drug-likeness (QED) is 0.707. The predicted octanol–water partition coefficient (Wildman–Crippen LogP) is 3.45. The summed E-state index contributed by atoms with van der Waals surface area (Å²) in [6.45, 7) is 9.92. The SMILES string of the molecule is CC.CCC1CC(C)(CCNC)C1. The summed E-state index contributed by atoms with van der Waals surface area (Å²) in [5.41, 5.74) is 0.684. The van der Waals surface area contributed by atoms with Crippen molar-refractivity contribution in [1.82, 2.24) is 5.32 Å². The van der Waals surface area contributed by atoms with Crippen molar-refractivity contribution in [2.75, 3.05) is 13.6 Å². The maximum Gasteiger partial charge on any atom is -0.00467 e. The molecule has 1 nitrogen and oxygen atoms in total. The van der Waals surface area contributed by atoms with Crippen LogP contribution in [0.25, 0.3) is 0 Å². The maximum atomic E-state index is 3.22. The Kier molecular flexibility index (Phi) is 6.40. The Labute approximate surface area is 84.3 Å². The molecule has 0 aliphatic heterocycles. The summed E-state index contributed by atoms with van der Waals surface area (Å²) in [7, 11) is 2.04. The van der Waals surface area contributed by atoms with Gasteiger partial charge in [0, 0.05) is 0 Å². The fourth-order valence-electron chi connectivity index (χ4n) is 2.25. The van der Waals surface area contributed by atoms with E-state index in [9.17, 15) is 0 Å². The lowest BCUT2D eigenvalue weighted by Crippen LogP contribution is -2.36. The predicted molar refractivity (Wildman–Crippen MR) is 61.0 cm³/mol.